The van der Waals surface area contributed by atoms with E-state index in [1.165, 1.54) is 12.8 Å². The number of carbonyl (C=O) groups excluding carboxylic acids is 2. The molecule has 1 aliphatic carbocycles. The van der Waals surface area contributed by atoms with Gasteiger partial charge in [-0.2, -0.15) is 0 Å². The molecule has 1 aromatic rings. The van der Waals surface area contributed by atoms with Crippen LogP contribution >= 0.6 is 0 Å². The molecule has 0 saturated heterocycles. The van der Waals surface area contributed by atoms with Gasteiger partial charge in [-0.3, -0.25) is 4.79 Å². The van der Waals surface area contributed by atoms with Crippen molar-refractivity contribution in [1.29, 1.82) is 0 Å². The Morgan fingerprint density at radius 2 is 1.73 bits per heavy atom. The first-order valence-electron chi connectivity index (χ1n) is 7.99. The third-order valence-corrected chi connectivity index (χ3v) is 3.88. The number of nitrogens with one attached hydrogen (secondary N) is 2. The van der Waals surface area contributed by atoms with Crippen molar-refractivity contribution in [3.05, 3.63) is 30.3 Å². The third kappa shape index (κ3) is 5.39. The molecule has 5 heteroatoms. The highest BCUT2D eigenvalue weighted by atomic mass is 16.6. The van der Waals surface area contributed by atoms with Crippen molar-refractivity contribution in [3.8, 4) is 5.75 Å². The molecule has 0 aromatic heterocycles. The number of hydrogen-bond donors (Lipinski definition) is 2. The lowest BCUT2D eigenvalue weighted by Crippen LogP contribution is -2.48. The molecule has 2 amide bonds. The van der Waals surface area contributed by atoms with Crippen molar-refractivity contribution < 1.29 is 14.3 Å². The van der Waals surface area contributed by atoms with Gasteiger partial charge < -0.3 is 15.4 Å². The molecule has 1 aliphatic rings. The molecular weight excluding hydrogens is 280 g/mol. The molecule has 5 nitrogen and oxygen atoms in total. The smallest absolute Gasteiger partial charge is 0.410 e. The molecule has 2 rings (SSSR count). The molecule has 0 unspecified atom stereocenters. The number of hydrogen-bond acceptors (Lipinski definition) is 3. The lowest BCUT2D eigenvalue weighted by Gasteiger charge is -2.20. The molecule has 120 valence electrons. The topological polar surface area (TPSA) is 67.4 Å². The number of amides is 2. The van der Waals surface area contributed by atoms with E-state index in [4.69, 9.17) is 4.74 Å². The molecule has 22 heavy (non-hydrogen) atoms. The Kier molecular flexibility index (Phi) is 6.25. The van der Waals surface area contributed by atoms with E-state index in [1.807, 2.05) is 6.07 Å². The van der Waals surface area contributed by atoms with Crippen molar-refractivity contribution in [2.75, 3.05) is 0 Å². The summed E-state index contributed by atoms with van der Waals surface area (Å²) in [6.45, 7) is 1.66. The van der Waals surface area contributed by atoms with Gasteiger partial charge in [0.15, 0.2) is 0 Å². The van der Waals surface area contributed by atoms with E-state index < -0.39 is 12.1 Å². The lowest BCUT2D eigenvalue weighted by atomic mass is 10.1. The second-order valence-electron chi connectivity index (χ2n) is 5.77. The van der Waals surface area contributed by atoms with E-state index >= 15 is 0 Å². The highest BCUT2D eigenvalue weighted by molar-refractivity contribution is 5.85. The summed E-state index contributed by atoms with van der Waals surface area (Å²) in [5.41, 5.74) is 0. The van der Waals surface area contributed by atoms with Crippen LogP contribution in [0.3, 0.4) is 0 Å². The molecule has 1 saturated carbocycles. The largest absolute Gasteiger partial charge is 0.413 e. The van der Waals surface area contributed by atoms with Gasteiger partial charge in [0.05, 0.1) is 0 Å². The minimum absolute atomic E-state index is 0.156. The van der Waals surface area contributed by atoms with Crippen molar-refractivity contribution >= 4 is 12.0 Å². The zero-order valence-corrected chi connectivity index (χ0v) is 13.0. The van der Waals surface area contributed by atoms with Crippen LogP contribution in [0.2, 0.25) is 0 Å². The quantitative estimate of drug-likeness (QED) is 0.840. The van der Waals surface area contributed by atoms with E-state index in [2.05, 4.69) is 10.6 Å². The van der Waals surface area contributed by atoms with E-state index in [0.717, 1.165) is 25.7 Å². The number of ether oxygens (including phenoxy) is 1. The summed E-state index contributed by atoms with van der Waals surface area (Å²) in [5, 5.41) is 5.58. The van der Waals surface area contributed by atoms with Crippen molar-refractivity contribution in [2.24, 2.45) is 0 Å². The first-order valence-corrected chi connectivity index (χ1v) is 7.99. The first-order chi connectivity index (χ1) is 10.6. The lowest BCUT2D eigenvalue weighted by molar-refractivity contribution is -0.123. The van der Waals surface area contributed by atoms with E-state index in [1.54, 1.807) is 31.2 Å². The molecule has 1 atom stereocenters. The van der Waals surface area contributed by atoms with E-state index in [0.29, 0.717) is 5.75 Å². The van der Waals surface area contributed by atoms with Crippen LogP contribution in [0.5, 0.6) is 5.75 Å². The summed E-state index contributed by atoms with van der Waals surface area (Å²) < 4.78 is 5.12. The molecular formula is C17H24N2O3. The minimum atomic E-state index is -0.616. The molecule has 1 aromatic carbocycles. The van der Waals surface area contributed by atoms with Gasteiger partial charge in [0.25, 0.3) is 0 Å². The molecule has 2 N–H and O–H groups in total. The maximum Gasteiger partial charge on any atom is 0.413 e. The van der Waals surface area contributed by atoms with Crippen LogP contribution in [0.4, 0.5) is 4.79 Å². The average molecular weight is 304 g/mol. The Morgan fingerprint density at radius 1 is 1.09 bits per heavy atom. The monoisotopic (exact) mass is 304 g/mol. The fourth-order valence-corrected chi connectivity index (χ4v) is 2.62. The average Bonchev–Trinajstić information content (AvgIpc) is 2.76. The van der Waals surface area contributed by atoms with Gasteiger partial charge in [0, 0.05) is 6.04 Å². The Labute approximate surface area is 131 Å². The molecule has 1 fully saturated rings. The van der Waals surface area contributed by atoms with Crippen molar-refractivity contribution in [1.82, 2.24) is 10.6 Å². The predicted octanol–water partition coefficient (Wildman–Crippen LogP) is 3.00. The number of benzene rings is 1. The summed E-state index contributed by atoms with van der Waals surface area (Å²) in [4.78, 5) is 23.9. The minimum Gasteiger partial charge on any atom is -0.410 e. The third-order valence-electron chi connectivity index (χ3n) is 3.88. The summed E-state index contributed by atoms with van der Waals surface area (Å²) in [7, 11) is 0. The summed E-state index contributed by atoms with van der Waals surface area (Å²) >= 11 is 0. The van der Waals surface area contributed by atoms with E-state index in [9.17, 15) is 9.59 Å². The maximum absolute atomic E-state index is 12.1. The van der Waals surface area contributed by atoms with Crippen LogP contribution < -0.4 is 15.4 Å². The second-order valence-corrected chi connectivity index (χ2v) is 5.77. The van der Waals surface area contributed by atoms with Gasteiger partial charge in [0.2, 0.25) is 5.91 Å². The number of para-hydroxylation sites is 1. The fourth-order valence-electron chi connectivity index (χ4n) is 2.62. The Bertz CT molecular complexity index is 482. The summed E-state index contributed by atoms with van der Waals surface area (Å²) in [6, 6.07) is 8.40. The van der Waals surface area contributed by atoms with Crippen LogP contribution in [-0.2, 0) is 4.79 Å². The molecule has 0 bridgehead atoms. The van der Waals surface area contributed by atoms with Gasteiger partial charge in [-0.05, 0) is 31.9 Å². The van der Waals surface area contributed by atoms with Gasteiger partial charge in [-0.1, -0.05) is 43.9 Å². The van der Waals surface area contributed by atoms with Crippen LogP contribution in [0.15, 0.2) is 30.3 Å². The van der Waals surface area contributed by atoms with Crippen LogP contribution in [0, 0.1) is 0 Å². The number of carbonyl (C=O) groups is 2. The van der Waals surface area contributed by atoms with Crippen LogP contribution in [0.25, 0.3) is 0 Å². The zero-order valence-electron chi connectivity index (χ0n) is 13.0. The fraction of sp³-hybridized carbons (Fsp3) is 0.529. The highest BCUT2D eigenvalue weighted by Gasteiger charge is 2.20. The van der Waals surface area contributed by atoms with E-state index in [-0.39, 0.29) is 11.9 Å². The normalized spacial score (nSPS) is 17.1. The van der Waals surface area contributed by atoms with Gasteiger partial charge in [-0.15, -0.1) is 0 Å². The Hall–Kier alpha value is -2.04. The predicted molar refractivity (Wildman–Crippen MR) is 84.7 cm³/mol. The summed E-state index contributed by atoms with van der Waals surface area (Å²) in [5.74, 6) is 0.299. The molecule has 0 radical (unpaired) electrons. The number of rotatable bonds is 4. The van der Waals surface area contributed by atoms with Crippen molar-refractivity contribution in [2.45, 2.75) is 57.5 Å². The van der Waals surface area contributed by atoms with Gasteiger partial charge >= 0.3 is 6.09 Å². The SMILES string of the molecule is C[C@@H](NC(=O)Oc1ccccc1)C(=O)NC1CCCCCC1. The summed E-state index contributed by atoms with van der Waals surface area (Å²) in [6.07, 6.45) is 6.22. The second kappa shape index (κ2) is 8.41. The first kappa shape index (κ1) is 16.3. The molecule has 0 spiro atoms. The molecule has 0 heterocycles. The van der Waals surface area contributed by atoms with Crippen LogP contribution in [0.1, 0.15) is 45.4 Å². The van der Waals surface area contributed by atoms with Gasteiger partial charge in [0.1, 0.15) is 11.8 Å². The highest BCUT2D eigenvalue weighted by Crippen LogP contribution is 2.17. The Morgan fingerprint density at radius 3 is 2.36 bits per heavy atom. The maximum atomic E-state index is 12.1. The standard InChI is InChI=1S/C17H24N2O3/c1-13(16(20)19-14-9-5-2-3-6-10-14)18-17(21)22-15-11-7-4-8-12-15/h4,7-8,11-14H,2-3,5-6,9-10H2,1H3,(H,18,21)(H,19,20)/t13-/m1/s1. The van der Waals surface area contributed by atoms with Crippen LogP contribution in [-0.4, -0.2) is 24.1 Å². The van der Waals surface area contributed by atoms with Gasteiger partial charge in [-0.25, -0.2) is 4.79 Å². The Balaban J connectivity index is 1.76. The zero-order chi connectivity index (χ0) is 15.8. The van der Waals surface area contributed by atoms with Crippen molar-refractivity contribution in [3.63, 3.8) is 0 Å². The molecule has 0 aliphatic heterocycles.